The highest BCUT2D eigenvalue weighted by Crippen LogP contribution is 2.24. The van der Waals surface area contributed by atoms with Crippen molar-refractivity contribution in [1.29, 1.82) is 0 Å². The van der Waals surface area contributed by atoms with Crippen LogP contribution in [0.3, 0.4) is 0 Å². The molecule has 0 aliphatic carbocycles. The fraction of sp³-hybridized carbons (Fsp3) is 0.579. The van der Waals surface area contributed by atoms with Gasteiger partial charge in [-0.25, -0.2) is 0 Å². The molecule has 0 saturated carbocycles. The van der Waals surface area contributed by atoms with E-state index in [-0.39, 0.29) is 11.8 Å². The summed E-state index contributed by atoms with van der Waals surface area (Å²) >= 11 is 6.17. The number of rotatable bonds is 5. The zero-order valence-corrected chi connectivity index (χ0v) is 15.6. The lowest BCUT2D eigenvalue weighted by molar-refractivity contribution is -0.134. The average molecular weight is 351 g/mol. The predicted molar refractivity (Wildman–Crippen MR) is 98.5 cm³/mol. The number of hydrogen-bond acceptors (Lipinski definition) is 2. The van der Waals surface area contributed by atoms with E-state index in [9.17, 15) is 9.59 Å². The Balaban J connectivity index is 2.04. The van der Waals surface area contributed by atoms with Gasteiger partial charge in [0.15, 0.2) is 0 Å². The summed E-state index contributed by atoms with van der Waals surface area (Å²) in [6.07, 6.45) is 4.71. The molecule has 1 heterocycles. The van der Waals surface area contributed by atoms with E-state index in [0.717, 1.165) is 37.1 Å². The summed E-state index contributed by atoms with van der Waals surface area (Å²) in [6.45, 7) is 6.81. The number of amides is 2. The average Bonchev–Trinajstić information content (AvgIpc) is 2.57. The predicted octanol–water partition coefficient (Wildman–Crippen LogP) is 4.18. The summed E-state index contributed by atoms with van der Waals surface area (Å²) in [6, 6.07) is 5.92. The molecule has 1 atom stereocenters. The molecule has 1 aliphatic rings. The molecule has 24 heavy (non-hydrogen) atoms. The van der Waals surface area contributed by atoms with Gasteiger partial charge in [0.1, 0.15) is 0 Å². The van der Waals surface area contributed by atoms with E-state index in [4.69, 9.17) is 11.6 Å². The van der Waals surface area contributed by atoms with E-state index in [1.807, 2.05) is 24.0 Å². The van der Waals surface area contributed by atoms with Gasteiger partial charge >= 0.3 is 0 Å². The molecular formula is C19H27ClN2O2. The molecule has 0 bridgehead atoms. The Morgan fingerprint density at radius 1 is 1.33 bits per heavy atom. The summed E-state index contributed by atoms with van der Waals surface area (Å²) in [5.41, 5.74) is 1.72. The Morgan fingerprint density at radius 2 is 2.08 bits per heavy atom. The number of carbonyl (C=O) groups excluding carboxylic acids is 2. The number of hydrogen-bond donors (Lipinski definition) is 0. The molecular weight excluding hydrogens is 324 g/mol. The summed E-state index contributed by atoms with van der Waals surface area (Å²) in [5, 5.41) is 0.632. The number of nitrogens with zero attached hydrogens (tertiary/aromatic N) is 2. The molecule has 4 nitrogen and oxygen atoms in total. The van der Waals surface area contributed by atoms with E-state index >= 15 is 0 Å². The first kappa shape index (κ1) is 18.8. The van der Waals surface area contributed by atoms with Crippen LogP contribution in [0.1, 0.15) is 51.5 Å². The number of halogens is 1. The van der Waals surface area contributed by atoms with Gasteiger partial charge < -0.3 is 9.80 Å². The molecule has 1 aliphatic heterocycles. The van der Waals surface area contributed by atoms with Crippen LogP contribution in [0, 0.1) is 6.92 Å². The van der Waals surface area contributed by atoms with Gasteiger partial charge in [0.25, 0.3) is 0 Å². The van der Waals surface area contributed by atoms with Crippen molar-refractivity contribution in [3.05, 3.63) is 28.8 Å². The largest absolute Gasteiger partial charge is 0.340 e. The normalized spacial score (nSPS) is 17.7. The number of anilines is 1. The first-order valence-corrected chi connectivity index (χ1v) is 9.15. The van der Waals surface area contributed by atoms with Gasteiger partial charge in [-0.1, -0.05) is 24.6 Å². The van der Waals surface area contributed by atoms with Crippen LogP contribution in [0.4, 0.5) is 5.69 Å². The van der Waals surface area contributed by atoms with Crippen LogP contribution in [0.2, 0.25) is 5.02 Å². The monoisotopic (exact) mass is 350 g/mol. The summed E-state index contributed by atoms with van der Waals surface area (Å²) < 4.78 is 0. The summed E-state index contributed by atoms with van der Waals surface area (Å²) in [5.74, 6) is 0.0689. The Morgan fingerprint density at radius 3 is 2.71 bits per heavy atom. The molecule has 0 N–H and O–H groups in total. The third kappa shape index (κ3) is 4.50. The minimum atomic E-state index is -0.0756. The molecule has 2 rings (SSSR count). The quantitative estimate of drug-likeness (QED) is 0.799. The van der Waals surface area contributed by atoms with Crippen LogP contribution >= 0.6 is 11.6 Å². The van der Waals surface area contributed by atoms with Gasteiger partial charge in [-0.3, -0.25) is 9.59 Å². The lowest BCUT2D eigenvalue weighted by Crippen LogP contribution is -2.44. The van der Waals surface area contributed by atoms with E-state index in [2.05, 4.69) is 6.92 Å². The number of likely N-dealkylation sites (tertiary alicyclic amines) is 1. The maximum absolute atomic E-state index is 12.6. The van der Waals surface area contributed by atoms with Crippen molar-refractivity contribution in [3.63, 3.8) is 0 Å². The Labute approximate surface area is 149 Å². The molecule has 5 heteroatoms. The van der Waals surface area contributed by atoms with Gasteiger partial charge in [-0.15, -0.1) is 0 Å². The third-order valence-corrected chi connectivity index (χ3v) is 5.22. The molecule has 1 unspecified atom stereocenters. The Bertz CT molecular complexity index is 603. The zero-order valence-electron chi connectivity index (χ0n) is 14.8. The summed E-state index contributed by atoms with van der Waals surface area (Å²) in [4.78, 5) is 28.3. The second kappa shape index (κ2) is 8.52. The molecule has 132 valence electrons. The molecule has 1 aromatic carbocycles. The minimum Gasteiger partial charge on any atom is -0.340 e. The molecule has 1 saturated heterocycles. The maximum Gasteiger partial charge on any atom is 0.224 e. The topological polar surface area (TPSA) is 40.6 Å². The van der Waals surface area contributed by atoms with Crippen molar-refractivity contribution in [2.45, 2.75) is 58.9 Å². The van der Waals surface area contributed by atoms with Crippen molar-refractivity contribution in [3.8, 4) is 0 Å². The van der Waals surface area contributed by atoms with Crippen LogP contribution < -0.4 is 4.90 Å². The molecule has 0 aromatic heterocycles. The van der Waals surface area contributed by atoms with Crippen molar-refractivity contribution < 1.29 is 9.59 Å². The van der Waals surface area contributed by atoms with E-state index in [0.29, 0.717) is 24.0 Å². The number of carbonyl (C=O) groups is 2. The first-order chi connectivity index (χ1) is 11.4. The van der Waals surface area contributed by atoms with Gasteiger partial charge in [0.05, 0.1) is 0 Å². The second-order valence-corrected chi connectivity index (χ2v) is 6.91. The minimum absolute atomic E-state index is 0.0756. The number of aryl methyl sites for hydroxylation is 1. The molecule has 1 fully saturated rings. The summed E-state index contributed by atoms with van der Waals surface area (Å²) in [7, 11) is 0. The van der Waals surface area contributed by atoms with Crippen LogP contribution in [0.5, 0.6) is 0 Å². The van der Waals surface area contributed by atoms with Gasteiger partial charge in [-0.05, 0) is 50.3 Å². The van der Waals surface area contributed by atoms with Crippen molar-refractivity contribution in [1.82, 2.24) is 4.90 Å². The maximum atomic E-state index is 12.6. The van der Waals surface area contributed by atoms with E-state index in [1.54, 1.807) is 11.0 Å². The molecule has 0 radical (unpaired) electrons. The highest BCUT2D eigenvalue weighted by Gasteiger charge is 2.25. The van der Waals surface area contributed by atoms with Crippen LogP contribution in [-0.4, -0.2) is 35.8 Å². The van der Waals surface area contributed by atoms with Gasteiger partial charge in [0, 0.05) is 43.2 Å². The standard InChI is InChI=1S/C19H27ClN2O2/c1-4-16-7-5-6-11-22(16)19(24)10-12-21(15(3)23)17-9-8-14(2)18(20)13-17/h8-9,13,16H,4-7,10-12H2,1-3H3. The van der Waals surface area contributed by atoms with Crippen molar-refractivity contribution in [2.75, 3.05) is 18.0 Å². The fourth-order valence-corrected chi connectivity index (χ4v) is 3.50. The molecule has 2 amide bonds. The van der Waals surface area contributed by atoms with Crippen LogP contribution in [-0.2, 0) is 9.59 Å². The SMILES string of the molecule is CCC1CCCCN1C(=O)CCN(C(C)=O)c1ccc(C)c(Cl)c1. The van der Waals surface area contributed by atoms with Gasteiger partial charge in [-0.2, -0.15) is 0 Å². The highest BCUT2D eigenvalue weighted by atomic mass is 35.5. The molecule has 0 spiro atoms. The highest BCUT2D eigenvalue weighted by molar-refractivity contribution is 6.31. The van der Waals surface area contributed by atoms with Crippen molar-refractivity contribution in [2.24, 2.45) is 0 Å². The Kier molecular flexibility index (Phi) is 6.67. The van der Waals surface area contributed by atoms with Crippen molar-refractivity contribution >= 4 is 29.1 Å². The zero-order chi connectivity index (χ0) is 17.7. The number of benzene rings is 1. The third-order valence-electron chi connectivity index (χ3n) is 4.82. The number of piperidine rings is 1. The smallest absolute Gasteiger partial charge is 0.224 e. The lowest BCUT2D eigenvalue weighted by atomic mass is 9.99. The first-order valence-electron chi connectivity index (χ1n) is 8.77. The molecule has 1 aromatic rings. The Hall–Kier alpha value is -1.55. The van der Waals surface area contributed by atoms with E-state index < -0.39 is 0 Å². The lowest BCUT2D eigenvalue weighted by Gasteiger charge is -2.36. The second-order valence-electron chi connectivity index (χ2n) is 6.50. The fourth-order valence-electron chi connectivity index (χ4n) is 3.32. The van der Waals surface area contributed by atoms with Crippen LogP contribution in [0.25, 0.3) is 0 Å². The van der Waals surface area contributed by atoms with Crippen LogP contribution in [0.15, 0.2) is 18.2 Å². The van der Waals surface area contributed by atoms with Gasteiger partial charge in [0.2, 0.25) is 11.8 Å². The van der Waals surface area contributed by atoms with E-state index in [1.165, 1.54) is 13.3 Å².